The molecule has 4 nitrogen and oxygen atoms in total. The van der Waals surface area contributed by atoms with Gasteiger partial charge in [-0.25, -0.2) is 0 Å². The van der Waals surface area contributed by atoms with E-state index in [1.54, 1.807) is 4.90 Å². The molecular weight excluding hydrogens is 336 g/mol. The molecule has 1 aromatic carbocycles. The SMILES string of the molecule is CN(C)C(=O)C[C@H]1CC2(CCN(C(=O)CC(C)(C)C)CC2)c2ccccc21. The largest absolute Gasteiger partial charge is 0.349 e. The van der Waals surface area contributed by atoms with E-state index in [4.69, 9.17) is 0 Å². The topological polar surface area (TPSA) is 40.6 Å². The summed E-state index contributed by atoms with van der Waals surface area (Å²) < 4.78 is 0. The predicted octanol–water partition coefficient (Wildman–Crippen LogP) is 3.95. The summed E-state index contributed by atoms with van der Waals surface area (Å²) in [5.41, 5.74) is 2.93. The molecule has 0 saturated carbocycles. The average molecular weight is 371 g/mol. The molecule has 148 valence electrons. The molecule has 0 radical (unpaired) electrons. The van der Waals surface area contributed by atoms with Gasteiger partial charge in [0.2, 0.25) is 11.8 Å². The van der Waals surface area contributed by atoms with Crippen molar-refractivity contribution in [1.29, 1.82) is 0 Å². The molecule has 0 N–H and O–H groups in total. The number of carbonyl (C=O) groups is 2. The Hall–Kier alpha value is -1.84. The number of amides is 2. The minimum atomic E-state index is 0.0316. The fourth-order valence-corrected chi connectivity index (χ4v) is 4.83. The van der Waals surface area contributed by atoms with Crippen molar-refractivity contribution < 1.29 is 9.59 Å². The lowest BCUT2D eigenvalue weighted by atomic mass is 9.73. The Labute approximate surface area is 163 Å². The van der Waals surface area contributed by atoms with Crippen LogP contribution in [-0.2, 0) is 15.0 Å². The van der Waals surface area contributed by atoms with Gasteiger partial charge in [0.05, 0.1) is 0 Å². The number of carbonyl (C=O) groups excluding carboxylic acids is 2. The zero-order chi connectivity index (χ0) is 19.8. The summed E-state index contributed by atoms with van der Waals surface area (Å²) in [5.74, 6) is 0.778. The molecule has 1 atom stereocenters. The Morgan fingerprint density at radius 1 is 1.15 bits per heavy atom. The van der Waals surface area contributed by atoms with Crippen molar-refractivity contribution in [2.75, 3.05) is 27.2 Å². The molecule has 1 aromatic rings. The summed E-state index contributed by atoms with van der Waals surface area (Å²) in [4.78, 5) is 28.7. The minimum absolute atomic E-state index is 0.0316. The molecule has 1 spiro atoms. The number of rotatable bonds is 3. The highest BCUT2D eigenvalue weighted by Crippen LogP contribution is 2.52. The summed E-state index contributed by atoms with van der Waals surface area (Å²) in [6.07, 6.45) is 4.24. The number of fused-ring (bicyclic) bond motifs is 2. The van der Waals surface area contributed by atoms with Gasteiger partial charge in [-0.05, 0) is 47.1 Å². The van der Waals surface area contributed by atoms with E-state index >= 15 is 0 Å². The maximum absolute atomic E-state index is 12.6. The fraction of sp³-hybridized carbons (Fsp3) is 0.652. The molecule has 2 amide bonds. The van der Waals surface area contributed by atoms with Gasteiger partial charge in [-0.3, -0.25) is 9.59 Å². The third-order valence-electron chi connectivity index (χ3n) is 6.28. The zero-order valence-electron chi connectivity index (χ0n) is 17.5. The van der Waals surface area contributed by atoms with Crippen LogP contribution >= 0.6 is 0 Å². The number of nitrogens with zero attached hydrogens (tertiary/aromatic N) is 2. The van der Waals surface area contributed by atoms with E-state index in [0.29, 0.717) is 18.8 Å². The minimum Gasteiger partial charge on any atom is -0.349 e. The van der Waals surface area contributed by atoms with E-state index < -0.39 is 0 Å². The third kappa shape index (κ3) is 4.20. The molecule has 3 rings (SSSR count). The third-order valence-corrected chi connectivity index (χ3v) is 6.28. The average Bonchev–Trinajstić information content (AvgIpc) is 2.88. The Bertz CT molecular complexity index is 709. The molecule has 1 saturated heterocycles. The number of likely N-dealkylation sites (tertiary alicyclic amines) is 1. The lowest BCUT2D eigenvalue weighted by Crippen LogP contribution is -2.45. The Balaban J connectivity index is 1.74. The molecular formula is C23H34N2O2. The smallest absolute Gasteiger partial charge is 0.223 e. The molecule has 0 unspecified atom stereocenters. The van der Waals surface area contributed by atoms with Crippen molar-refractivity contribution in [2.45, 2.75) is 64.2 Å². The normalized spacial score (nSPS) is 21.2. The van der Waals surface area contributed by atoms with E-state index in [0.717, 1.165) is 32.4 Å². The van der Waals surface area contributed by atoms with Gasteiger partial charge in [0.15, 0.2) is 0 Å². The second-order valence-corrected chi connectivity index (χ2v) is 9.88. The second-order valence-electron chi connectivity index (χ2n) is 9.88. The van der Waals surface area contributed by atoms with Crippen LogP contribution in [0.3, 0.4) is 0 Å². The Kier molecular flexibility index (Phi) is 5.38. The van der Waals surface area contributed by atoms with Crippen LogP contribution in [-0.4, -0.2) is 48.8 Å². The van der Waals surface area contributed by atoms with Crippen molar-refractivity contribution in [2.24, 2.45) is 5.41 Å². The van der Waals surface area contributed by atoms with E-state index in [1.807, 2.05) is 14.1 Å². The van der Waals surface area contributed by atoms with E-state index in [2.05, 4.69) is 49.9 Å². The van der Waals surface area contributed by atoms with E-state index in [-0.39, 0.29) is 22.6 Å². The molecule has 1 fully saturated rings. The van der Waals surface area contributed by atoms with E-state index in [9.17, 15) is 9.59 Å². The van der Waals surface area contributed by atoms with Crippen molar-refractivity contribution in [3.63, 3.8) is 0 Å². The van der Waals surface area contributed by atoms with Gasteiger partial charge in [0, 0.05) is 40.0 Å². The van der Waals surface area contributed by atoms with Crippen LogP contribution in [0.2, 0.25) is 0 Å². The summed E-state index contributed by atoms with van der Waals surface area (Å²) in [6.45, 7) is 8.02. The standard InChI is InChI=1S/C23H34N2O2/c1-22(2,3)16-21(27)25-12-10-23(11-13-25)15-17(14-20(26)24(4)5)18-8-6-7-9-19(18)23/h6-9,17H,10-16H2,1-5H3/t17-/m0/s1. The maximum Gasteiger partial charge on any atom is 0.223 e. The van der Waals surface area contributed by atoms with Crippen molar-refractivity contribution >= 4 is 11.8 Å². The maximum atomic E-state index is 12.6. The van der Waals surface area contributed by atoms with Gasteiger partial charge >= 0.3 is 0 Å². The van der Waals surface area contributed by atoms with Crippen LogP contribution in [0.5, 0.6) is 0 Å². The first-order valence-corrected chi connectivity index (χ1v) is 10.2. The van der Waals surface area contributed by atoms with Gasteiger partial charge in [0.25, 0.3) is 0 Å². The molecule has 1 heterocycles. The summed E-state index contributed by atoms with van der Waals surface area (Å²) in [6, 6.07) is 8.66. The van der Waals surface area contributed by atoms with Crippen LogP contribution in [0.15, 0.2) is 24.3 Å². The van der Waals surface area contributed by atoms with Gasteiger partial charge < -0.3 is 9.80 Å². The first kappa shape index (κ1) is 19.9. The van der Waals surface area contributed by atoms with Crippen LogP contribution < -0.4 is 0 Å². The van der Waals surface area contributed by atoms with Crippen molar-refractivity contribution in [1.82, 2.24) is 9.80 Å². The van der Waals surface area contributed by atoms with Crippen LogP contribution in [0.1, 0.15) is 69.9 Å². The van der Waals surface area contributed by atoms with E-state index in [1.165, 1.54) is 11.1 Å². The first-order valence-electron chi connectivity index (χ1n) is 10.2. The summed E-state index contributed by atoms with van der Waals surface area (Å²) in [7, 11) is 3.66. The molecule has 2 aliphatic rings. The predicted molar refractivity (Wildman–Crippen MR) is 109 cm³/mol. The summed E-state index contributed by atoms with van der Waals surface area (Å²) >= 11 is 0. The monoisotopic (exact) mass is 370 g/mol. The Morgan fingerprint density at radius 3 is 2.37 bits per heavy atom. The molecule has 1 aliphatic heterocycles. The van der Waals surface area contributed by atoms with Crippen LogP contribution in [0.4, 0.5) is 0 Å². The highest BCUT2D eigenvalue weighted by atomic mass is 16.2. The first-order chi connectivity index (χ1) is 12.6. The molecule has 0 bridgehead atoms. The fourth-order valence-electron chi connectivity index (χ4n) is 4.83. The highest BCUT2D eigenvalue weighted by Gasteiger charge is 2.46. The Morgan fingerprint density at radius 2 is 1.78 bits per heavy atom. The highest BCUT2D eigenvalue weighted by molar-refractivity contribution is 5.77. The lowest BCUT2D eigenvalue weighted by molar-refractivity contribution is -0.134. The number of benzene rings is 1. The van der Waals surface area contributed by atoms with Gasteiger partial charge in [0.1, 0.15) is 0 Å². The summed E-state index contributed by atoms with van der Waals surface area (Å²) in [5, 5.41) is 0. The quantitative estimate of drug-likeness (QED) is 0.808. The molecule has 4 heteroatoms. The van der Waals surface area contributed by atoms with Crippen LogP contribution in [0.25, 0.3) is 0 Å². The second kappa shape index (κ2) is 7.29. The van der Waals surface area contributed by atoms with Crippen LogP contribution in [0, 0.1) is 5.41 Å². The van der Waals surface area contributed by atoms with Gasteiger partial charge in [-0.1, -0.05) is 45.0 Å². The molecule has 27 heavy (non-hydrogen) atoms. The molecule has 0 aromatic heterocycles. The zero-order valence-corrected chi connectivity index (χ0v) is 17.5. The number of piperidine rings is 1. The lowest BCUT2D eigenvalue weighted by Gasteiger charge is -2.41. The van der Waals surface area contributed by atoms with Gasteiger partial charge in [-0.2, -0.15) is 0 Å². The number of hydrogen-bond acceptors (Lipinski definition) is 2. The molecule has 1 aliphatic carbocycles. The number of hydrogen-bond donors (Lipinski definition) is 0. The van der Waals surface area contributed by atoms with Crippen molar-refractivity contribution in [3.8, 4) is 0 Å². The van der Waals surface area contributed by atoms with Gasteiger partial charge in [-0.15, -0.1) is 0 Å². The van der Waals surface area contributed by atoms with Crippen molar-refractivity contribution in [3.05, 3.63) is 35.4 Å².